The summed E-state index contributed by atoms with van der Waals surface area (Å²) in [5.41, 5.74) is 4.26. The fourth-order valence-electron chi connectivity index (χ4n) is 2.49. The maximum Gasteiger partial charge on any atom is 0.251 e. The molecule has 0 saturated heterocycles. The number of hydrogen-bond acceptors (Lipinski definition) is 4. The average Bonchev–Trinajstić information content (AvgIpc) is 2.93. The number of fused-ring (bicyclic) bond motifs is 1. The minimum absolute atomic E-state index is 0.122. The Labute approximate surface area is 128 Å². The van der Waals surface area contributed by atoms with Crippen molar-refractivity contribution < 1.29 is 4.79 Å². The standard InChI is InChI=1S/C16H17N5O/c1-10-15(11(2)20-12(3)19-10)8-18-16(22)13-4-5-21-9-17-7-14(21)6-13/h4-7,9H,8H2,1-3H3,(H,18,22). The first kappa shape index (κ1) is 14.2. The second kappa shape index (κ2) is 5.55. The summed E-state index contributed by atoms with van der Waals surface area (Å²) in [4.78, 5) is 25.0. The van der Waals surface area contributed by atoms with Gasteiger partial charge in [-0.05, 0) is 32.9 Å². The van der Waals surface area contributed by atoms with Crippen LogP contribution >= 0.6 is 0 Å². The van der Waals surface area contributed by atoms with E-state index in [1.807, 2.05) is 37.4 Å². The summed E-state index contributed by atoms with van der Waals surface area (Å²) < 4.78 is 1.86. The van der Waals surface area contributed by atoms with E-state index in [1.165, 1.54) is 0 Å². The van der Waals surface area contributed by atoms with Crippen LogP contribution in [-0.2, 0) is 6.54 Å². The molecule has 0 saturated carbocycles. The SMILES string of the molecule is Cc1nc(C)c(CNC(=O)c2ccn3cncc3c2)c(C)n1. The lowest BCUT2D eigenvalue weighted by atomic mass is 10.1. The van der Waals surface area contributed by atoms with Crippen LogP contribution in [0, 0.1) is 20.8 Å². The Morgan fingerprint density at radius 1 is 1.23 bits per heavy atom. The van der Waals surface area contributed by atoms with E-state index in [-0.39, 0.29) is 5.91 Å². The van der Waals surface area contributed by atoms with Gasteiger partial charge in [-0.25, -0.2) is 15.0 Å². The molecule has 0 fully saturated rings. The number of rotatable bonds is 3. The van der Waals surface area contributed by atoms with Crippen molar-refractivity contribution in [3.63, 3.8) is 0 Å². The molecule has 0 atom stereocenters. The van der Waals surface area contributed by atoms with Crippen LogP contribution in [0.15, 0.2) is 30.9 Å². The summed E-state index contributed by atoms with van der Waals surface area (Å²) in [5.74, 6) is 0.624. The predicted molar refractivity (Wildman–Crippen MR) is 82.6 cm³/mol. The first-order chi connectivity index (χ1) is 10.5. The van der Waals surface area contributed by atoms with Crippen LogP contribution in [0.25, 0.3) is 5.52 Å². The molecule has 0 unspecified atom stereocenters. The van der Waals surface area contributed by atoms with Gasteiger partial charge in [0.25, 0.3) is 5.91 Å². The molecule has 3 heterocycles. The number of carbonyl (C=O) groups is 1. The van der Waals surface area contributed by atoms with Gasteiger partial charge in [0.1, 0.15) is 5.82 Å². The summed E-state index contributed by atoms with van der Waals surface area (Å²) in [5, 5.41) is 2.92. The second-order valence-electron chi connectivity index (χ2n) is 5.24. The van der Waals surface area contributed by atoms with Crippen molar-refractivity contribution in [2.24, 2.45) is 0 Å². The van der Waals surface area contributed by atoms with Crippen LogP contribution in [0.1, 0.15) is 33.1 Å². The third-order valence-electron chi connectivity index (χ3n) is 3.63. The molecule has 1 amide bonds. The summed E-state index contributed by atoms with van der Waals surface area (Å²) in [6.45, 7) is 6.15. The second-order valence-corrected chi connectivity index (χ2v) is 5.24. The highest BCUT2D eigenvalue weighted by Gasteiger charge is 2.10. The Morgan fingerprint density at radius 3 is 2.68 bits per heavy atom. The summed E-state index contributed by atoms with van der Waals surface area (Å²) in [6, 6.07) is 3.59. The number of carbonyl (C=O) groups excluding carboxylic acids is 1. The Bertz CT molecular complexity index is 830. The minimum Gasteiger partial charge on any atom is -0.348 e. The highest BCUT2D eigenvalue weighted by Crippen LogP contribution is 2.11. The fourth-order valence-corrected chi connectivity index (χ4v) is 2.49. The van der Waals surface area contributed by atoms with Gasteiger partial charge in [-0.2, -0.15) is 0 Å². The van der Waals surface area contributed by atoms with Crippen molar-refractivity contribution in [1.82, 2.24) is 24.7 Å². The number of nitrogens with zero attached hydrogens (tertiary/aromatic N) is 4. The Morgan fingerprint density at radius 2 is 1.95 bits per heavy atom. The highest BCUT2D eigenvalue weighted by molar-refractivity contribution is 5.95. The van der Waals surface area contributed by atoms with E-state index in [0.29, 0.717) is 12.1 Å². The molecule has 6 nitrogen and oxygen atoms in total. The molecule has 6 heteroatoms. The van der Waals surface area contributed by atoms with Crippen LogP contribution < -0.4 is 5.32 Å². The quantitative estimate of drug-likeness (QED) is 0.802. The van der Waals surface area contributed by atoms with Gasteiger partial charge in [-0.3, -0.25) is 4.79 Å². The van der Waals surface area contributed by atoms with Crippen LogP contribution in [0.5, 0.6) is 0 Å². The van der Waals surface area contributed by atoms with Gasteiger partial charge in [0.15, 0.2) is 0 Å². The highest BCUT2D eigenvalue weighted by atomic mass is 16.1. The molecule has 22 heavy (non-hydrogen) atoms. The molecule has 0 bridgehead atoms. The molecular formula is C16H17N5O. The number of pyridine rings is 1. The van der Waals surface area contributed by atoms with Crippen molar-refractivity contribution in [3.8, 4) is 0 Å². The van der Waals surface area contributed by atoms with E-state index in [2.05, 4.69) is 20.3 Å². The zero-order valence-electron chi connectivity index (χ0n) is 12.8. The number of amides is 1. The monoisotopic (exact) mass is 295 g/mol. The number of imidazole rings is 1. The molecule has 3 aromatic rings. The summed E-state index contributed by atoms with van der Waals surface area (Å²) in [7, 11) is 0. The molecule has 0 aliphatic heterocycles. The molecule has 3 rings (SSSR count). The molecule has 0 radical (unpaired) electrons. The summed E-state index contributed by atoms with van der Waals surface area (Å²) >= 11 is 0. The van der Waals surface area contributed by atoms with E-state index in [1.54, 1.807) is 18.6 Å². The topological polar surface area (TPSA) is 72.2 Å². The number of aromatic nitrogens is 4. The van der Waals surface area contributed by atoms with Crippen molar-refractivity contribution >= 4 is 11.4 Å². The number of aryl methyl sites for hydroxylation is 3. The lowest BCUT2D eigenvalue weighted by Crippen LogP contribution is -2.24. The largest absolute Gasteiger partial charge is 0.348 e. The van der Waals surface area contributed by atoms with E-state index in [0.717, 1.165) is 28.3 Å². The van der Waals surface area contributed by atoms with Crippen LogP contribution in [0.2, 0.25) is 0 Å². The molecule has 0 aliphatic carbocycles. The number of hydrogen-bond donors (Lipinski definition) is 1. The van der Waals surface area contributed by atoms with Crippen molar-refractivity contribution in [3.05, 3.63) is 59.2 Å². The molecular weight excluding hydrogens is 278 g/mol. The smallest absolute Gasteiger partial charge is 0.251 e. The molecule has 112 valence electrons. The first-order valence-electron chi connectivity index (χ1n) is 7.05. The van der Waals surface area contributed by atoms with Crippen LogP contribution in [-0.4, -0.2) is 25.3 Å². The van der Waals surface area contributed by atoms with Gasteiger partial charge < -0.3 is 9.72 Å². The van der Waals surface area contributed by atoms with E-state index < -0.39 is 0 Å². The lowest BCUT2D eigenvalue weighted by Gasteiger charge is -2.11. The van der Waals surface area contributed by atoms with E-state index >= 15 is 0 Å². The predicted octanol–water partition coefficient (Wildman–Crippen LogP) is 1.98. The van der Waals surface area contributed by atoms with Crippen molar-refractivity contribution in [1.29, 1.82) is 0 Å². The third-order valence-corrected chi connectivity index (χ3v) is 3.63. The first-order valence-corrected chi connectivity index (χ1v) is 7.05. The molecule has 0 aliphatic rings. The molecule has 0 spiro atoms. The van der Waals surface area contributed by atoms with Gasteiger partial charge in [-0.1, -0.05) is 0 Å². The lowest BCUT2D eigenvalue weighted by molar-refractivity contribution is 0.0951. The minimum atomic E-state index is -0.122. The number of nitrogens with one attached hydrogen (secondary N) is 1. The Balaban J connectivity index is 1.77. The normalized spacial score (nSPS) is 10.9. The van der Waals surface area contributed by atoms with Gasteiger partial charge in [0.2, 0.25) is 0 Å². The summed E-state index contributed by atoms with van der Waals surface area (Å²) in [6.07, 6.45) is 5.25. The maximum atomic E-state index is 12.3. The third kappa shape index (κ3) is 2.67. The van der Waals surface area contributed by atoms with E-state index in [9.17, 15) is 4.79 Å². The van der Waals surface area contributed by atoms with Gasteiger partial charge in [0, 0.05) is 35.3 Å². The molecule has 1 N–H and O–H groups in total. The van der Waals surface area contributed by atoms with E-state index in [4.69, 9.17) is 0 Å². The van der Waals surface area contributed by atoms with Gasteiger partial charge in [-0.15, -0.1) is 0 Å². The zero-order valence-corrected chi connectivity index (χ0v) is 12.8. The van der Waals surface area contributed by atoms with Gasteiger partial charge in [0.05, 0.1) is 18.0 Å². The molecule has 3 aromatic heterocycles. The fraction of sp³-hybridized carbons (Fsp3) is 0.250. The Kier molecular flexibility index (Phi) is 3.58. The maximum absolute atomic E-state index is 12.3. The van der Waals surface area contributed by atoms with Crippen LogP contribution in [0.4, 0.5) is 0 Å². The van der Waals surface area contributed by atoms with Gasteiger partial charge >= 0.3 is 0 Å². The Hall–Kier alpha value is -2.76. The zero-order chi connectivity index (χ0) is 15.7. The van der Waals surface area contributed by atoms with Crippen LogP contribution in [0.3, 0.4) is 0 Å². The van der Waals surface area contributed by atoms with Crippen molar-refractivity contribution in [2.75, 3.05) is 0 Å². The van der Waals surface area contributed by atoms with Crippen molar-refractivity contribution in [2.45, 2.75) is 27.3 Å². The average molecular weight is 295 g/mol. The molecule has 0 aromatic carbocycles.